The van der Waals surface area contributed by atoms with Crippen LogP contribution in [0.15, 0.2) is 48.5 Å². The maximum absolute atomic E-state index is 13.5. The molecule has 1 atom stereocenters. The van der Waals surface area contributed by atoms with E-state index in [-0.39, 0.29) is 0 Å². The number of methoxy groups -OCH3 is 1. The predicted octanol–water partition coefficient (Wildman–Crippen LogP) is 3.32. The summed E-state index contributed by atoms with van der Waals surface area (Å²) in [6.45, 7) is 2.58. The molecular weight excluding hydrogens is 375 g/mol. The first-order chi connectivity index (χ1) is 13.9. The van der Waals surface area contributed by atoms with Crippen LogP contribution in [0.2, 0.25) is 0 Å². The van der Waals surface area contributed by atoms with Gasteiger partial charge in [0.25, 0.3) is 0 Å². The number of rotatable bonds is 9. The van der Waals surface area contributed by atoms with Crippen molar-refractivity contribution in [1.29, 1.82) is 0 Å². The standard InChI is InChI=1S/C22H25FN2O4/c1-4-12-29-18-10-8-15(13-19(18)28-3)9-11-20(26)25(2)21(22(24)27)16-6-5-7-17(23)14-16/h5-11,13-14,21H,4,12H2,1-3H3,(H2,24,27)/b11-9+. The predicted molar refractivity (Wildman–Crippen MR) is 109 cm³/mol. The molecule has 0 radical (unpaired) electrons. The Balaban J connectivity index is 2.19. The smallest absolute Gasteiger partial charge is 0.247 e. The average molecular weight is 400 g/mol. The Kier molecular flexibility index (Phi) is 7.77. The van der Waals surface area contributed by atoms with Gasteiger partial charge in [-0.2, -0.15) is 0 Å². The Morgan fingerprint density at radius 1 is 1.21 bits per heavy atom. The fourth-order valence-electron chi connectivity index (χ4n) is 2.79. The van der Waals surface area contributed by atoms with E-state index in [9.17, 15) is 14.0 Å². The Hall–Kier alpha value is -3.35. The zero-order valence-electron chi connectivity index (χ0n) is 16.7. The van der Waals surface area contributed by atoms with Crippen molar-refractivity contribution in [3.8, 4) is 11.5 Å². The highest BCUT2D eigenvalue weighted by molar-refractivity contribution is 5.95. The number of benzene rings is 2. The van der Waals surface area contributed by atoms with E-state index < -0.39 is 23.7 Å². The van der Waals surface area contributed by atoms with Crippen LogP contribution >= 0.6 is 0 Å². The van der Waals surface area contributed by atoms with Gasteiger partial charge in [-0.05, 0) is 47.9 Å². The van der Waals surface area contributed by atoms with Gasteiger partial charge in [0.1, 0.15) is 11.9 Å². The molecule has 0 saturated heterocycles. The minimum Gasteiger partial charge on any atom is -0.493 e. The van der Waals surface area contributed by atoms with Crippen molar-refractivity contribution in [2.75, 3.05) is 20.8 Å². The number of ether oxygens (including phenoxy) is 2. The third kappa shape index (κ3) is 5.81. The first-order valence-corrected chi connectivity index (χ1v) is 9.17. The number of hydrogen-bond acceptors (Lipinski definition) is 4. The minimum absolute atomic E-state index is 0.306. The van der Waals surface area contributed by atoms with E-state index in [0.29, 0.717) is 29.2 Å². The molecule has 0 bridgehead atoms. The molecule has 29 heavy (non-hydrogen) atoms. The molecule has 2 aromatic rings. The molecule has 0 spiro atoms. The highest BCUT2D eigenvalue weighted by Gasteiger charge is 2.25. The summed E-state index contributed by atoms with van der Waals surface area (Å²) in [6, 6.07) is 9.66. The highest BCUT2D eigenvalue weighted by atomic mass is 19.1. The van der Waals surface area contributed by atoms with Gasteiger partial charge in [0.15, 0.2) is 11.5 Å². The van der Waals surface area contributed by atoms with E-state index in [4.69, 9.17) is 15.2 Å². The van der Waals surface area contributed by atoms with Crippen LogP contribution in [-0.2, 0) is 9.59 Å². The number of hydrogen-bond donors (Lipinski definition) is 1. The second-order valence-electron chi connectivity index (χ2n) is 6.40. The number of nitrogens with zero attached hydrogens (tertiary/aromatic N) is 1. The van der Waals surface area contributed by atoms with Gasteiger partial charge in [-0.15, -0.1) is 0 Å². The lowest BCUT2D eigenvalue weighted by molar-refractivity contribution is -0.134. The van der Waals surface area contributed by atoms with Crippen LogP contribution in [-0.4, -0.2) is 37.5 Å². The van der Waals surface area contributed by atoms with E-state index in [0.717, 1.165) is 6.42 Å². The largest absolute Gasteiger partial charge is 0.493 e. The summed E-state index contributed by atoms with van der Waals surface area (Å²) in [5.41, 5.74) is 6.47. The zero-order chi connectivity index (χ0) is 21.4. The SMILES string of the molecule is CCCOc1ccc(/C=C/C(=O)N(C)C(C(N)=O)c2cccc(F)c2)cc1OC. The lowest BCUT2D eigenvalue weighted by atomic mass is 10.0. The summed E-state index contributed by atoms with van der Waals surface area (Å²) in [5, 5.41) is 0. The second-order valence-corrected chi connectivity index (χ2v) is 6.40. The van der Waals surface area contributed by atoms with Crippen LogP contribution in [0.25, 0.3) is 6.08 Å². The number of nitrogens with two attached hydrogens (primary N) is 1. The quantitative estimate of drug-likeness (QED) is 0.655. The molecule has 0 saturated carbocycles. The fraction of sp³-hybridized carbons (Fsp3) is 0.273. The molecule has 2 amide bonds. The van der Waals surface area contributed by atoms with Gasteiger partial charge in [-0.25, -0.2) is 4.39 Å². The van der Waals surface area contributed by atoms with Crippen LogP contribution in [0.3, 0.4) is 0 Å². The number of halogens is 1. The third-order valence-corrected chi connectivity index (χ3v) is 4.24. The van der Waals surface area contributed by atoms with Gasteiger partial charge in [0.05, 0.1) is 13.7 Å². The normalized spacial score (nSPS) is 11.9. The molecule has 0 heterocycles. The Bertz CT molecular complexity index is 898. The summed E-state index contributed by atoms with van der Waals surface area (Å²) < 4.78 is 24.4. The Morgan fingerprint density at radius 2 is 1.97 bits per heavy atom. The molecule has 2 aromatic carbocycles. The maximum atomic E-state index is 13.5. The highest BCUT2D eigenvalue weighted by Crippen LogP contribution is 2.29. The summed E-state index contributed by atoms with van der Waals surface area (Å²) in [5.74, 6) is -0.545. The van der Waals surface area contributed by atoms with Crippen molar-refractivity contribution in [3.63, 3.8) is 0 Å². The number of likely N-dealkylation sites (N-methyl/N-ethyl adjacent to an activating group) is 1. The summed E-state index contributed by atoms with van der Waals surface area (Å²) in [6.07, 6.45) is 3.78. The number of primary amides is 1. The maximum Gasteiger partial charge on any atom is 0.247 e. The molecule has 0 aromatic heterocycles. The van der Waals surface area contributed by atoms with Crippen LogP contribution in [0.1, 0.15) is 30.5 Å². The number of amides is 2. The van der Waals surface area contributed by atoms with Crippen molar-refractivity contribution in [2.45, 2.75) is 19.4 Å². The molecule has 0 aliphatic heterocycles. The molecule has 0 aliphatic carbocycles. The molecule has 2 rings (SSSR count). The zero-order valence-corrected chi connectivity index (χ0v) is 16.7. The number of carbonyl (C=O) groups excluding carboxylic acids is 2. The van der Waals surface area contributed by atoms with E-state index in [1.807, 2.05) is 6.92 Å². The van der Waals surface area contributed by atoms with E-state index in [2.05, 4.69) is 0 Å². The summed E-state index contributed by atoms with van der Waals surface area (Å²) in [7, 11) is 2.98. The van der Waals surface area contributed by atoms with E-state index in [1.165, 1.54) is 43.3 Å². The Labute approximate surface area is 169 Å². The molecule has 154 valence electrons. The molecule has 7 heteroatoms. The van der Waals surface area contributed by atoms with Gasteiger partial charge >= 0.3 is 0 Å². The van der Waals surface area contributed by atoms with Gasteiger partial charge in [-0.3, -0.25) is 9.59 Å². The van der Waals surface area contributed by atoms with E-state index >= 15 is 0 Å². The molecule has 6 nitrogen and oxygen atoms in total. The van der Waals surface area contributed by atoms with Gasteiger partial charge in [0.2, 0.25) is 11.8 Å². The third-order valence-electron chi connectivity index (χ3n) is 4.24. The minimum atomic E-state index is -1.08. The molecule has 0 fully saturated rings. The lowest BCUT2D eigenvalue weighted by Gasteiger charge is -2.25. The second kappa shape index (κ2) is 10.3. The van der Waals surface area contributed by atoms with Crippen LogP contribution in [0, 0.1) is 5.82 Å². The average Bonchev–Trinajstić information content (AvgIpc) is 2.70. The molecular formula is C22H25FN2O4. The molecule has 2 N–H and O–H groups in total. The van der Waals surface area contributed by atoms with Gasteiger partial charge in [-0.1, -0.05) is 25.1 Å². The summed E-state index contributed by atoms with van der Waals surface area (Å²) >= 11 is 0. The summed E-state index contributed by atoms with van der Waals surface area (Å²) in [4.78, 5) is 25.6. The van der Waals surface area contributed by atoms with Crippen molar-refractivity contribution < 1.29 is 23.5 Å². The van der Waals surface area contributed by atoms with Crippen molar-refractivity contribution in [3.05, 3.63) is 65.5 Å². The van der Waals surface area contributed by atoms with Gasteiger partial charge < -0.3 is 20.1 Å². The van der Waals surface area contributed by atoms with Crippen LogP contribution < -0.4 is 15.2 Å². The van der Waals surface area contributed by atoms with Crippen LogP contribution in [0.5, 0.6) is 11.5 Å². The van der Waals surface area contributed by atoms with Crippen molar-refractivity contribution in [1.82, 2.24) is 4.90 Å². The van der Waals surface area contributed by atoms with Crippen molar-refractivity contribution >= 4 is 17.9 Å². The van der Waals surface area contributed by atoms with Gasteiger partial charge in [0, 0.05) is 13.1 Å². The topological polar surface area (TPSA) is 81.9 Å². The molecule has 1 unspecified atom stereocenters. The van der Waals surface area contributed by atoms with Crippen molar-refractivity contribution in [2.24, 2.45) is 5.73 Å². The van der Waals surface area contributed by atoms with Crippen LogP contribution in [0.4, 0.5) is 4.39 Å². The first kappa shape index (κ1) is 21.9. The monoisotopic (exact) mass is 400 g/mol. The molecule has 0 aliphatic rings. The lowest BCUT2D eigenvalue weighted by Crippen LogP contribution is -2.38. The first-order valence-electron chi connectivity index (χ1n) is 9.17. The Morgan fingerprint density at radius 3 is 2.59 bits per heavy atom. The number of carbonyl (C=O) groups is 2. The fourth-order valence-corrected chi connectivity index (χ4v) is 2.79. The van der Waals surface area contributed by atoms with E-state index in [1.54, 1.807) is 30.3 Å².